The number of para-hydroxylation sites is 1. The second-order valence-electron chi connectivity index (χ2n) is 5.43. The Balaban J connectivity index is 1.99. The molecule has 0 saturated carbocycles. The minimum Gasteiger partial charge on any atom is -0.492 e. The summed E-state index contributed by atoms with van der Waals surface area (Å²) in [6.07, 6.45) is 0.557. The molecule has 0 aliphatic carbocycles. The van der Waals surface area contributed by atoms with Crippen molar-refractivity contribution in [3.8, 4) is 5.75 Å². The van der Waals surface area contributed by atoms with Crippen LogP contribution in [0.5, 0.6) is 5.75 Å². The van der Waals surface area contributed by atoms with Gasteiger partial charge in [0.2, 0.25) is 0 Å². The first-order chi connectivity index (χ1) is 11.1. The lowest BCUT2D eigenvalue weighted by molar-refractivity contribution is -0.126. The highest BCUT2D eigenvalue weighted by Gasteiger charge is 2.30. The third-order valence-corrected chi connectivity index (χ3v) is 4.47. The van der Waals surface area contributed by atoms with Crippen LogP contribution in [0.25, 0.3) is 0 Å². The van der Waals surface area contributed by atoms with Gasteiger partial charge in [0, 0.05) is 30.8 Å². The Morgan fingerprint density at radius 1 is 1.26 bits per heavy atom. The lowest BCUT2D eigenvalue weighted by Crippen LogP contribution is -2.32. The van der Waals surface area contributed by atoms with Crippen molar-refractivity contribution in [3.63, 3.8) is 0 Å². The van der Waals surface area contributed by atoms with Crippen molar-refractivity contribution in [2.45, 2.75) is 27.2 Å². The van der Waals surface area contributed by atoms with Crippen LogP contribution in [0.2, 0.25) is 0 Å². The normalized spacial score (nSPS) is 14.4. The summed E-state index contributed by atoms with van der Waals surface area (Å²) in [6.45, 7) is 8.60. The van der Waals surface area contributed by atoms with Crippen LogP contribution < -0.4 is 4.74 Å². The number of allylic oxidation sites excluding steroid dienone is 1. The van der Waals surface area contributed by atoms with E-state index < -0.39 is 0 Å². The summed E-state index contributed by atoms with van der Waals surface area (Å²) in [4.78, 5) is 17.2. The van der Waals surface area contributed by atoms with Gasteiger partial charge in [-0.1, -0.05) is 30.4 Å². The fourth-order valence-corrected chi connectivity index (χ4v) is 3.09. The number of benzene rings is 1. The maximum Gasteiger partial charge on any atom is 0.251 e. The summed E-state index contributed by atoms with van der Waals surface area (Å²) in [5, 5.41) is 0. The summed E-state index contributed by atoms with van der Waals surface area (Å²) in [5.74, 6) is 0.944. The molecule has 0 N–H and O–H groups in total. The first-order valence-corrected chi connectivity index (χ1v) is 8.46. The number of carbonyl (C=O) groups is 1. The number of rotatable bonds is 7. The third-order valence-electron chi connectivity index (χ3n) is 4.11. The molecule has 0 unspecified atom stereocenters. The van der Waals surface area contributed by atoms with E-state index in [1.165, 1.54) is 0 Å². The molecule has 23 heavy (non-hydrogen) atoms. The van der Waals surface area contributed by atoms with Gasteiger partial charge in [-0.2, -0.15) is 0 Å². The molecule has 0 fully saturated rings. The predicted octanol–water partition coefficient (Wildman–Crippen LogP) is 3.24. The van der Waals surface area contributed by atoms with Crippen molar-refractivity contribution in [3.05, 3.63) is 41.6 Å². The standard InChI is InChI=1S/C18H24N2O2S/c1-4-19(5-2)18(21)16-13-17(23)20(14(16)3)11-12-22-15-9-7-6-8-10-15/h6-10H,4-5,11-13H2,1-3H3. The molecule has 1 aliphatic rings. The van der Waals surface area contributed by atoms with Gasteiger partial charge in [-0.05, 0) is 32.9 Å². The van der Waals surface area contributed by atoms with E-state index in [1.54, 1.807) is 0 Å². The van der Waals surface area contributed by atoms with Crippen LogP contribution in [0.3, 0.4) is 0 Å². The molecule has 0 radical (unpaired) electrons. The van der Waals surface area contributed by atoms with Gasteiger partial charge in [0.05, 0.1) is 11.5 Å². The molecule has 0 saturated heterocycles. The minimum atomic E-state index is 0.0985. The lowest BCUT2D eigenvalue weighted by atomic mass is 10.1. The molecule has 0 bridgehead atoms. The molecule has 124 valence electrons. The quantitative estimate of drug-likeness (QED) is 0.718. The average molecular weight is 332 g/mol. The molecule has 2 rings (SSSR count). The van der Waals surface area contributed by atoms with E-state index >= 15 is 0 Å². The highest BCUT2D eigenvalue weighted by molar-refractivity contribution is 7.80. The summed E-state index contributed by atoms with van der Waals surface area (Å²) in [7, 11) is 0. The van der Waals surface area contributed by atoms with Crippen LogP contribution >= 0.6 is 12.2 Å². The number of hydrogen-bond acceptors (Lipinski definition) is 3. The Labute approximate surface area is 143 Å². The zero-order valence-corrected chi connectivity index (χ0v) is 14.9. The highest BCUT2D eigenvalue weighted by Crippen LogP contribution is 2.26. The largest absolute Gasteiger partial charge is 0.492 e. The van der Waals surface area contributed by atoms with Crippen LogP contribution in [0.15, 0.2) is 41.6 Å². The molecule has 1 aliphatic heterocycles. The highest BCUT2D eigenvalue weighted by atomic mass is 32.1. The Morgan fingerprint density at radius 3 is 2.52 bits per heavy atom. The van der Waals surface area contributed by atoms with Gasteiger partial charge in [0.1, 0.15) is 12.4 Å². The maximum atomic E-state index is 12.6. The molecule has 1 aromatic rings. The van der Waals surface area contributed by atoms with Crippen LogP contribution in [-0.4, -0.2) is 46.9 Å². The van der Waals surface area contributed by atoms with E-state index in [9.17, 15) is 4.79 Å². The monoisotopic (exact) mass is 332 g/mol. The zero-order valence-electron chi connectivity index (χ0n) is 14.0. The SMILES string of the molecule is CCN(CC)C(=O)C1=C(C)N(CCOc2ccccc2)C(=S)C1. The average Bonchev–Trinajstić information content (AvgIpc) is 2.85. The number of hydrogen-bond donors (Lipinski definition) is 0. The van der Waals surface area contributed by atoms with E-state index in [-0.39, 0.29) is 5.91 Å². The fraction of sp³-hybridized carbons (Fsp3) is 0.444. The first-order valence-electron chi connectivity index (χ1n) is 8.05. The van der Waals surface area contributed by atoms with Crippen molar-refractivity contribution in [2.24, 2.45) is 0 Å². The first kappa shape index (κ1) is 17.5. The van der Waals surface area contributed by atoms with E-state index in [4.69, 9.17) is 17.0 Å². The summed E-state index contributed by atoms with van der Waals surface area (Å²) in [6, 6.07) is 9.71. The van der Waals surface area contributed by atoms with Crippen LogP contribution in [0.4, 0.5) is 0 Å². The van der Waals surface area contributed by atoms with E-state index in [0.29, 0.717) is 19.6 Å². The van der Waals surface area contributed by atoms with E-state index in [1.807, 2.05) is 60.9 Å². The van der Waals surface area contributed by atoms with Crippen molar-refractivity contribution in [1.29, 1.82) is 0 Å². The Kier molecular flexibility index (Phi) is 6.16. The Morgan fingerprint density at radius 2 is 1.91 bits per heavy atom. The van der Waals surface area contributed by atoms with E-state index in [2.05, 4.69) is 0 Å². The van der Waals surface area contributed by atoms with Crippen molar-refractivity contribution >= 4 is 23.1 Å². The summed E-state index contributed by atoms with van der Waals surface area (Å²) >= 11 is 5.46. The number of ether oxygens (including phenoxy) is 1. The maximum absolute atomic E-state index is 12.6. The number of likely N-dealkylation sites (N-methyl/N-ethyl adjacent to an activating group) is 1. The topological polar surface area (TPSA) is 32.8 Å². The van der Waals surface area contributed by atoms with Crippen LogP contribution in [-0.2, 0) is 4.79 Å². The van der Waals surface area contributed by atoms with Crippen molar-refractivity contribution in [1.82, 2.24) is 9.80 Å². The van der Waals surface area contributed by atoms with Gasteiger partial charge in [0.15, 0.2) is 0 Å². The molecule has 5 heteroatoms. The molecule has 1 heterocycles. The van der Waals surface area contributed by atoms with Crippen molar-refractivity contribution in [2.75, 3.05) is 26.2 Å². The van der Waals surface area contributed by atoms with Gasteiger partial charge < -0.3 is 14.5 Å². The molecule has 0 atom stereocenters. The molecular formula is C18H24N2O2S. The molecule has 1 aromatic carbocycles. The third kappa shape index (κ3) is 4.10. The number of nitrogens with zero attached hydrogens (tertiary/aromatic N) is 2. The van der Waals surface area contributed by atoms with Gasteiger partial charge in [-0.3, -0.25) is 4.79 Å². The molecule has 1 amide bonds. The number of thiocarbonyl (C=S) groups is 1. The van der Waals surface area contributed by atoms with Crippen molar-refractivity contribution < 1.29 is 9.53 Å². The molecule has 0 aromatic heterocycles. The predicted molar refractivity (Wildman–Crippen MR) is 96.5 cm³/mol. The summed E-state index contributed by atoms with van der Waals surface area (Å²) < 4.78 is 5.73. The minimum absolute atomic E-state index is 0.0985. The summed E-state index contributed by atoms with van der Waals surface area (Å²) in [5.41, 5.74) is 1.78. The smallest absolute Gasteiger partial charge is 0.251 e. The molecule has 0 spiro atoms. The molecule has 4 nitrogen and oxygen atoms in total. The molecular weight excluding hydrogens is 308 g/mol. The number of carbonyl (C=O) groups excluding carboxylic acids is 1. The van der Waals surface area contributed by atoms with Crippen LogP contribution in [0.1, 0.15) is 27.2 Å². The second-order valence-corrected chi connectivity index (χ2v) is 5.90. The zero-order chi connectivity index (χ0) is 16.8. The van der Waals surface area contributed by atoms with Gasteiger partial charge in [-0.25, -0.2) is 0 Å². The number of amides is 1. The van der Waals surface area contributed by atoms with Gasteiger partial charge in [0.25, 0.3) is 5.91 Å². The fourth-order valence-electron chi connectivity index (χ4n) is 2.72. The lowest BCUT2D eigenvalue weighted by Gasteiger charge is -2.21. The van der Waals surface area contributed by atoms with Crippen LogP contribution in [0, 0.1) is 0 Å². The second kappa shape index (κ2) is 8.11. The Bertz CT molecular complexity index is 594. The Hall–Kier alpha value is -1.88. The van der Waals surface area contributed by atoms with E-state index in [0.717, 1.165) is 35.1 Å². The van der Waals surface area contributed by atoms with Gasteiger partial charge >= 0.3 is 0 Å². The van der Waals surface area contributed by atoms with Gasteiger partial charge in [-0.15, -0.1) is 0 Å².